The molecule has 0 aliphatic carbocycles. The minimum absolute atomic E-state index is 0.0244. The van der Waals surface area contributed by atoms with E-state index >= 15 is 0 Å². The van der Waals surface area contributed by atoms with Crippen molar-refractivity contribution in [2.45, 2.75) is 12.8 Å². The number of amides is 1. The Morgan fingerprint density at radius 1 is 1.19 bits per heavy atom. The predicted molar refractivity (Wildman–Crippen MR) is 96.1 cm³/mol. The first-order valence-corrected chi connectivity index (χ1v) is 8.57. The highest BCUT2D eigenvalue weighted by molar-refractivity contribution is 6.31. The topological polar surface area (TPSA) is 56.1 Å². The van der Waals surface area contributed by atoms with Gasteiger partial charge < -0.3 is 10.2 Å². The second-order valence-electron chi connectivity index (χ2n) is 6.13. The zero-order chi connectivity index (χ0) is 18.7. The van der Waals surface area contributed by atoms with Gasteiger partial charge >= 0.3 is 0 Å². The molecule has 1 saturated heterocycles. The smallest absolute Gasteiger partial charge is 0.227 e. The highest BCUT2D eigenvalue weighted by Gasteiger charge is 2.26. The van der Waals surface area contributed by atoms with Crippen LogP contribution in [0.1, 0.15) is 18.4 Å². The van der Waals surface area contributed by atoms with Crippen molar-refractivity contribution in [3.8, 4) is 6.07 Å². The van der Waals surface area contributed by atoms with Crippen molar-refractivity contribution >= 4 is 28.9 Å². The van der Waals surface area contributed by atoms with Crippen LogP contribution in [0.2, 0.25) is 5.02 Å². The molecule has 0 unspecified atom stereocenters. The van der Waals surface area contributed by atoms with E-state index in [0.29, 0.717) is 37.3 Å². The standard InChI is InChI=1S/C19H16ClF2N3O/c20-15-10-13(4-5-17(15)22)24-19(26)12-6-8-25(9-7-12)18-3-1-2-16(21)14(18)11-23/h1-5,10,12H,6-9H2,(H,24,26). The molecule has 2 aromatic carbocycles. The lowest BCUT2D eigenvalue weighted by atomic mass is 9.95. The average Bonchev–Trinajstić information content (AvgIpc) is 2.64. The molecule has 1 aliphatic rings. The van der Waals surface area contributed by atoms with Crippen molar-refractivity contribution < 1.29 is 13.6 Å². The summed E-state index contributed by atoms with van der Waals surface area (Å²) >= 11 is 5.72. The van der Waals surface area contributed by atoms with Crippen LogP contribution in [0.3, 0.4) is 0 Å². The Balaban J connectivity index is 1.63. The van der Waals surface area contributed by atoms with Gasteiger partial charge in [-0.2, -0.15) is 5.26 Å². The van der Waals surface area contributed by atoms with Crippen LogP contribution in [0.15, 0.2) is 36.4 Å². The van der Waals surface area contributed by atoms with E-state index < -0.39 is 11.6 Å². The number of anilines is 2. The molecule has 1 N–H and O–H groups in total. The highest BCUT2D eigenvalue weighted by atomic mass is 35.5. The van der Waals surface area contributed by atoms with Gasteiger partial charge in [0.05, 0.1) is 10.7 Å². The van der Waals surface area contributed by atoms with Gasteiger partial charge in [-0.15, -0.1) is 0 Å². The minimum atomic E-state index is -0.543. The maximum atomic E-state index is 13.8. The first kappa shape index (κ1) is 18.2. The van der Waals surface area contributed by atoms with E-state index in [1.54, 1.807) is 12.1 Å². The fourth-order valence-corrected chi connectivity index (χ4v) is 3.27. The third-order valence-electron chi connectivity index (χ3n) is 4.50. The van der Waals surface area contributed by atoms with Crippen LogP contribution in [-0.2, 0) is 4.79 Å². The van der Waals surface area contributed by atoms with E-state index in [2.05, 4.69) is 5.32 Å². The number of hydrogen-bond acceptors (Lipinski definition) is 3. The number of nitrogens with zero attached hydrogens (tertiary/aromatic N) is 2. The van der Waals surface area contributed by atoms with Gasteiger partial charge in [-0.05, 0) is 43.2 Å². The molecule has 2 aromatic rings. The number of hydrogen-bond donors (Lipinski definition) is 1. The second kappa shape index (κ2) is 7.71. The van der Waals surface area contributed by atoms with Crippen LogP contribution in [0.25, 0.3) is 0 Å². The molecule has 1 fully saturated rings. The summed E-state index contributed by atoms with van der Waals surface area (Å²) in [7, 11) is 0. The minimum Gasteiger partial charge on any atom is -0.370 e. The lowest BCUT2D eigenvalue weighted by Crippen LogP contribution is -2.38. The largest absolute Gasteiger partial charge is 0.370 e. The number of carbonyl (C=O) groups excluding carboxylic acids is 1. The third-order valence-corrected chi connectivity index (χ3v) is 4.79. The molecule has 0 atom stereocenters. The molecule has 4 nitrogen and oxygen atoms in total. The van der Waals surface area contributed by atoms with Gasteiger partial charge in [0.1, 0.15) is 23.3 Å². The maximum absolute atomic E-state index is 13.8. The Labute approximate surface area is 155 Å². The molecular weight excluding hydrogens is 360 g/mol. The molecule has 1 heterocycles. The Bertz CT molecular complexity index is 874. The predicted octanol–water partition coefficient (Wildman–Crippen LogP) is 4.34. The summed E-state index contributed by atoms with van der Waals surface area (Å²) in [6, 6.07) is 10.5. The number of nitriles is 1. The van der Waals surface area contributed by atoms with Gasteiger partial charge in [-0.3, -0.25) is 4.79 Å². The fourth-order valence-electron chi connectivity index (χ4n) is 3.09. The van der Waals surface area contributed by atoms with Crippen molar-refractivity contribution in [1.82, 2.24) is 0 Å². The monoisotopic (exact) mass is 375 g/mol. The number of halogens is 3. The number of rotatable bonds is 3. The number of benzene rings is 2. The Hall–Kier alpha value is -2.65. The summed E-state index contributed by atoms with van der Waals surface area (Å²) in [4.78, 5) is 14.3. The van der Waals surface area contributed by atoms with Gasteiger partial charge in [0.15, 0.2) is 0 Å². The van der Waals surface area contributed by atoms with Crippen LogP contribution in [0.5, 0.6) is 0 Å². The first-order chi connectivity index (χ1) is 12.5. The summed E-state index contributed by atoms with van der Waals surface area (Å²) < 4.78 is 26.9. The lowest BCUT2D eigenvalue weighted by molar-refractivity contribution is -0.120. The van der Waals surface area contributed by atoms with E-state index in [9.17, 15) is 13.6 Å². The van der Waals surface area contributed by atoms with Gasteiger partial charge in [0.25, 0.3) is 0 Å². The molecule has 26 heavy (non-hydrogen) atoms. The van der Waals surface area contributed by atoms with E-state index in [1.165, 1.54) is 24.3 Å². The number of nitrogens with one attached hydrogen (secondary N) is 1. The van der Waals surface area contributed by atoms with E-state index in [0.717, 1.165) is 0 Å². The van der Waals surface area contributed by atoms with Crippen molar-refractivity contribution in [2.75, 3.05) is 23.3 Å². The Morgan fingerprint density at radius 2 is 1.92 bits per heavy atom. The zero-order valence-electron chi connectivity index (χ0n) is 13.8. The summed E-state index contributed by atoms with van der Waals surface area (Å²) in [5, 5.41) is 11.9. The van der Waals surface area contributed by atoms with E-state index in [-0.39, 0.29) is 22.4 Å². The van der Waals surface area contributed by atoms with Crippen LogP contribution in [0, 0.1) is 28.9 Å². The summed E-state index contributed by atoms with van der Waals surface area (Å²) in [6.45, 7) is 1.08. The van der Waals surface area contributed by atoms with Gasteiger partial charge in [-0.25, -0.2) is 8.78 Å². The van der Waals surface area contributed by atoms with Gasteiger partial charge in [0, 0.05) is 24.7 Å². The summed E-state index contributed by atoms with van der Waals surface area (Å²) in [6.07, 6.45) is 1.14. The number of carbonyl (C=O) groups is 1. The summed E-state index contributed by atoms with van der Waals surface area (Å²) in [5.41, 5.74) is 1.02. The molecule has 134 valence electrons. The molecule has 7 heteroatoms. The highest BCUT2D eigenvalue weighted by Crippen LogP contribution is 2.28. The van der Waals surface area contributed by atoms with Crippen molar-refractivity contribution in [3.05, 3.63) is 58.6 Å². The fraction of sp³-hybridized carbons (Fsp3) is 0.263. The molecule has 0 radical (unpaired) electrons. The summed E-state index contributed by atoms with van der Waals surface area (Å²) in [5.74, 6) is -1.46. The second-order valence-corrected chi connectivity index (χ2v) is 6.53. The molecule has 0 aromatic heterocycles. The molecule has 1 amide bonds. The lowest BCUT2D eigenvalue weighted by Gasteiger charge is -2.33. The van der Waals surface area contributed by atoms with Crippen LogP contribution in [0.4, 0.5) is 20.2 Å². The SMILES string of the molecule is N#Cc1c(F)cccc1N1CCC(C(=O)Nc2ccc(F)c(Cl)c2)CC1. The third kappa shape index (κ3) is 3.78. The molecule has 0 spiro atoms. The Kier molecular flexibility index (Phi) is 5.38. The van der Waals surface area contributed by atoms with E-state index in [1.807, 2.05) is 11.0 Å². The molecule has 0 bridgehead atoms. The van der Waals surface area contributed by atoms with Crippen LogP contribution >= 0.6 is 11.6 Å². The van der Waals surface area contributed by atoms with Crippen molar-refractivity contribution in [1.29, 1.82) is 5.26 Å². The van der Waals surface area contributed by atoms with Crippen LogP contribution < -0.4 is 10.2 Å². The maximum Gasteiger partial charge on any atom is 0.227 e. The zero-order valence-corrected chi connectivity index (χ0v) is 14.6. The van der Waals surface area contributed by atoms with Crippen LogP contribution in [-0.4, -0.2) is 19.0 Å². The first-order valence-electron chi connectivity index (χ1n) is 8.19. The molecular formula is C19H16ClF2N3O. The van der Waals surface area contributed by atoms with Crippen molar-refractivity contribution in [3.63, 3.8) is 0 Å². The number of piperidine rings is 1. The quantitative estimate of drug-likeness (QED) is 0.867. The molecule has 1 aliphatic heterocycles. The molecule has 0 saturated carbocycles. The van der Waals surface area contributed by atoms with Gasteiger partial charge in [0.2, 0.25) is 5.91 Å². The normalized spacial score (nSPS) is 14.8. The van der Waals surface area contributed by atoms with Gasteiger partial charge in [-0.1, -0.05) is 17.7 Å². The average molecular weight is 376 g/mol. The van der Waals surface area contributed by atoms with E-state index in [4.69, 9.17) is 16.9 Å². The Morgan fingerprint density at radius 3 is 2.58 bits per heavy atom. The van der Waals surface area contributed by atoms with Crippen molar-refractivity contribution in [2.24, 2.45) is 5.92 Å². The molecule has 3 rings (SSSR count).